The first kappa shape index (κ1) is 27.7. The van der Waals surface area contributed by atoms with Crippen LogP contribution in [-0.2, 0) is 14.9 Å². The summed E-state index contributed by atoms with van der Waals surface area (Å²) < 4.78 is 20.7. The zero-order valence-corrected chi connectivity index (χ0v) is 22.0. The Labute approximate surface area is 212 Å². The van der Waals surface area contributed by atoms with Crippen LogP contribution in [0.25, 0.3) is 0 Å². The van der Waals surface area contributed by atoms with Gasteiger partial charge in [0.15, 0.2) is 0 Å². The van der Waals surface area contributed by atoms with Crippen LogP contribution < -0.4 is 0 Å². The van der Waals surface area contributed by atoms with Crippen molar-refractivity contribution in [3.05, 3.63) is 35.1 Å². The number of halogens is 1. The van der Waals surface area contributed by atoms with Gasteiger partial charge in [-0.05, 0) is 49.8 Å². The van der Waals surface area contributed by atoms with E-state index in [1.165, 1.54) is 82.8 Å². The monoisotopic (exact) mass is 483 g/mol. The van der Waals surface area contributed by atoms with E-state index >= 15 is 0 Å². The fraction of sp³-hybridized carbons (Fsp3) is 0.742. The van der Waals surface area contributed by atoms with Crippen LogP contribution in [0.3, 0.4) is 0 Å². The molecular weight excluding hydrogens is 437 g/mol. The molecule has 35 heavy (non-hydrogen) atoms. The molecule has 2 aliphatic rings. The maximum atomic E-state index is 14.5. The molecular formula is C31H46FNO2. The Hall–Kier alpha value is -1.89. The molecule has 2 fully saturated rings. The van der Waals surface area contributed by atoms with Crippen molar-refractivity contribution in [3.63, 3.8) is 0 Å². The first-order valence-corrected chi connectivity index (χ1v) is 14.4. The third-order valence-corrected chi connectivity index (χ3v) is 8.72. The summed E-state index contributed by atoms with van der Waals surface area (Å²) in [6.07, 6.45) is 22.1. The number of hydrogen-bond acceptors (Lipinski definition) is 3. The molecule has 0 saturated heterocycles. The van der Waals surface area contributed by atoms with Crippen molar-refractivity contribution >= 4 is 5.97 Å². The summed E-state index contributed by atoms with van der Waals surface area (Å²) in [6.45, 7) is 2.76. The van der Waals surface area contributed by atoms with E-state index in [2.05, 4.69) is 6.92 Å². The van der Waals surface area contributed by atoms with Crippen molar-refractivity contribution in [3.8, 4) is 6.07 Å². The molecule has 0 unspecified atom stereocenters. The van der Waals surface area contributed by atoms with Gasteiger partial charge in [0, 0.05) is 5.41 Å². The molecule has 3 nitrogen and oxygen atoms in total. The van der Waals surface area contributed by atoms with E-state index in [-0.39, 0.29) is 16.9 Å². The summed E-state index contributed by atoms with van der Waals surface area (Å²) in [5.41, 5.74) is 0.0441. The van der Waals surface area contributed by atoms with Crippen molar-refractivity contribution in [2.75, 3.05) is 6.61 Å². The van der Waals surface area contributed by atoms with Crippen molar-refractivity contribution < 1.29 is 13.9 Å². The number of unbranched alkanes of at least 4 members (excludes halogenated alkanes) is 7. The van der Waals surface area contributed by atoms with Gasteiger partial charge in [0.25, 0.3) is 0 Å². The van der Waals surface area contributed by atoms with Crippen molar-refractivity contribution in [2.24, 2.45) is 5.41 Å². The molecule has 0 aliphatic heterocycles. The van der Waals surface area contributed by atoms with E-state index in [1.807, 2.05) is 6.07 Å². The molecule has 0 spiro atoms. The standard InChI is InChI=1S/C31H46FNO2/c1-2-3-4-5-6-7-8-11-18-30(19-12-9-13-20-30)25-35-29(34)31(21-14-10-15-22-31)27-17-16-26(24-33)28(32)23-27/h16-17,23H,2-15,18-22,25H2,1H3. The second-order valence-electron chi connectivity index (χ2n) is 11.3. The second kappa shape index (κ2) is 14.0. The molecule has 1 aromatic rings. The minimum absolute atomic E-state index is 0.0274. The number of benzene rings is 1. The first-order valence-electron chi connectivity index (χ1n) is 14.4. The molecule has 2 aliphatic carbocycles. The Bertz CT molecular complexity index is 831. The van der Waals surface area contributed by atoms with Gasteiger partial charge in [-0.2, -0.15) is 5.26 Å². The van der Waals surface area contributed by atoms with Gasteiger partial charge < -0.3 is 4.74 Å². The summed E-state index contributed by atoms with van der Waals surface area (Å²) in [4.78, 5) is 13.7. The Morgan fingerprint density at radius 3 is 2.11 bits per heavy atom. The zero-order chi connectivity index (χ0) is 25.0. The van der Waals surface area contributed by atoms with Gasteiger partial charge in [-0.3, -0.25) is 4.79 Å². The van der Waals surface area contributed by atoms with E-state index < -0.39 is 11.2 Å². The minimum Gasteiger partial charge on any atom is -0.464 e. The second-order valence-corrected chi connectivity index (χ2v) is 11.3. The average Bonchev–Trinajstić information content (AvgIpc) is 2.90. The van der Waals surface area contributed by atoms with E-state index in [0.29, 0.717) is 25.0 Å². The van der Waals surface area contributed by atoms with Crippen LogP contribution in [0.1, 0.15) is 140 Å². The third kappa shape index (κ3) is 7.55. The summed E-state index contributed by atoms with van der Waals surface area (Å²) in [5.74, 6) is -0.719. The molecule has 0 atom stereocenters. The highest BCUT2D eigenvalue weighted by atomic mass is 19.1. The highest BCUT2D eigenvalue weighted by Gasteiger charge is 2.44. The Balaban J connectivity index is 1.61. The van der Waals surface area contributed by atoms with Gasteiger partial charge in [-0.15, -0.1) is 0 Å². The normalized spacial score (nSPS) is 19.1. The number of ether oxygens (including phenoxy) is 1. The number of esters is 1. The lowest BCUT2D eigenvalue weighted by Gasteiger charge is -2.40. The van der Waals surface area contributed by atoms with Crippen molar-refractivity contribution in [2.45, 2.75) is 134 Å². The lowest BCUT2D eigenvalue weighted by atomic mass is 9.69. The van der Waals surface area contributed by atoms with Gasteiger partial charge in [0.05, 0.1) is 17.6 Å². The van der Waals surface area contributed by atoms with Crippen molar-refractivity contribution in [1.29, 1.82) is 5.26 Å². The number of nitriles is 1. The first-order chi connectivity index (χ1) is 17.1. The molecule has 2 saturated carbocycles. The molecule has 0 radical (unpaired) electrons. The minimum atomic E-state index is -0.776. The van der Waals surface area contributed by atoms with E-state index in [1.54, 1.807) is 6.07 Å². The summed E-state index contributed by atoms with van der Waals surface area (Å²) >= 11 is 0. The SMILES string of the molecule is CCCCCCCCCCC1(COC(=O)C2(c3ccc(C#N)c(F)c3)CCCCC2)CCCCC1. The number of carbonyl (C=O) groups is 1. The quantitative estimate of drug-likeness (QED) is 0.208. The highest BCUT2D eigenvalue weighted by Crippen LogP contribution is 2.44. The van der Waals surface area contributed by atoms with Gasteiger partial charge in [0.1, 0.15) is 11.9 Å². The van der Waals surface area contributed by atoms with Crippen LogP contribution in [0.15, 0.2) is 18.2 Å². The molecule has 0 N–H and O–H groups in total. The van der Waals surface area contributed by atoms with Gasteiger partial charge in [0.2, 0.25) is 0 Å². The molecule has 3 rings (SSSR count). The molecule has 0 aromatic heterocycles. The fourth-order valence-electron chi connectivity index (χ4n) is 6.43. The van der Waals surface area contributed by atoms with Gasteiger partial charge in [-0.25, -0.2) is 4.39 Å². The Morgan fingerprint density at radius 2 is 1.51 bits per heavy atom. The number of carbonyl (C=O) groups excluding carboxylic acids is 1. The fourth-order valence-corrected chi connectivity index (χ4v) is 6.43. The molecule has 0 amide bonds. The van der Waals surface area contributed by atoms with Gasteiger partial charge in [-0.1, -0.05) is 103 Å². The van der Waals surface area contributed by atoms with E-state index in [0.717, 1.165) is 38.5 Å². The number of hydrogen-bond donors (Lipinski definition) is 0. The summed E-state index contributed by atoms with van der Waals surface area (Å²) in [6, 6.07) is 6.58. The van der Waals surface area contributed by atoms with Crippen LogP contribution in [-0.4, -0.2) is 12.6 Å². The predicted molar refractivity (Wildman–Crippen MR) is 140 cm³/mol. The van der Waals surface area contributed by atoms with E-state index in [9.17, 15) is 9.18 Å². The van der Waals surface area contributed by atoms with Crippen LogP contribution in [0.5, 0.6) is 0 Å². The van der Waals surface area contributed by atoms with Crippen LogP contribution in [0, 0.1) is 22.6 Å². The molecule has 0 heterocycles. The maximum Gasteiger partial charge on any atom is 0.316 e. The Morgan fingerprint density at radius 1 is 0.914 bits per heavy atom. The van der Waals surface area contributed by atoms with Crippen LogP contribution in [0.4, 0.5) is 4.39 Å². The summed E-state index contributed by atoms with van der Waals surface area (Å²) in [5, 5.41) is 9.12. The highest BCUT2D eigenvalue weighted by molar-refractivity contribution is 5.83. The zero-order valence-electron chi connectivity index (χ0n) is 22.0. The molecule has 1 aromatic carbocycles. The topological polar surface area (TPSA) is 50.1 Å². The Kier molecular flexibility index (Phi) is 11.1. The third-order valence-electron chi connectivity index (χ3n) is 8.72. The largest absolute Gasteiger partial charge is 0.464 e. The lowest BCUT2D eigenvalue weighted by molar-refractivity contribution is -0.157. The summed E-state index contributed by atoms with van der Waals surface area (Å²) in [7, 11) is 0. The van der Waals surface area contributed by atoms with Gasteiger partial charge >= 0.3 is 5.97 Å². The smallest absolute Gasteiger partial charge is 0.316 e. The number of nitrogens with zero attached hydrogens (tertiary/aromatic N) is 1. The molecule has 194 valence electrons. The van der Waals surface area contributed by atoms with E-state index in [4.69, 9.17) is 10.00 Å². The average molecular weight is 484 g/mol. The predicted octanol–water partition coefficient (Wildman–Crippen LogP) is 8.92. The molecule has 4 heteroatoms. The maximum absolute atomic E-state index is 14.5. The number of rotatable bonds is 13. The molecule has 0 bridgehead atoms. The van der Waals surface area contributed by atoms with Crippen molar-refractivity contribution in [1.82, 2.24) is 0 Å². The lowest BCUT2D eigenvalue weighted by Crippen LogP contribution is -2.42. The van der Waals surface area contributed by atoms with Crippen LogP contribution in [0.2, 0.25) is 0 Å². The van der Waals surface area contributed by atoms with Crippen LogP contribution >= 0.6 is 0 Å².